The number of carboxylic acid groups (broad SMARTS) is 1. The van der Waals surface area contributed by atoms with E-state index in [0.29, 0.717) is 30.6 Å². The smallest absolute Gasteiger partial charge is 0.315 e. The number of carboxylic acids is 1. The Morgan fingerprint density at radius 1 is 1.16 bits per heavy atom. The lowest BCUT2D eigenvalue weighted by Gasteiger charge is -2.59. The Morgan fingerprint density at radius 3 is 2.50 bits per heavy atom. The zero-order chi connectivity index (χ0) is 22.9. The Bertz CT molecular complexity index is 810. The van der Waals surface area contributed by atoms with Crippen molar-refractivity contribution >= 4 is 12.3 Å². The van der Waals surface area contributed by atoms with Gasteiger partial charge in [-0.2, -0.15) is 0 Å². The molecule has 4 saturated carbocycles. The van der Waals surface area contributed by atoms with E-state index in [-0.39, 0.29) is 17.8 Å². The van der Waals surface area contributed by atoms with Crippen molar-refractivity contribution < 1.29 is 19.8 Å². The maximum atomic E-state index is 13.4. The molecule has 0 amide bonds. The standard InChI is InChI=1S/C28H42O4/c1-17(2)23-13-20-14-26(16-29)22-11-9-18(3)21(22)15-27(20,28(23,26)25(31)32)24(30)12-10-19-7-5-4-6-8-19/h13,16-22,24,30H,4-12,14-15H2,1-3H3,(H,31,32)/t18-,20+,21-,22-,24?,26+,27-,28+/m1/s1. The SMILES string of the molecule is CC(C)C1=C[C@H]2C[C@]3(C=O)[C@@H]4CC[C@@H](C)[C@H]4C[C@@]2(C(O)CCC2CCCCC2)[C@]13C(=O)O. The number of carbonyl (C=O) groups excluding carboxylic acids is 1. The van der Waals surface area contributed by atoms with Gasteiger partial charge < -0.3 is 15.0 Å². The summed E-state index contributed by atoms with van der Waals surface area (Å²) >= 11 is 0. The molecule has 0 heterocycles. The molecule has 4 nitrogen and oxygen atoms in total. The number of hydrogen-bond acceptors (Lipinski definition) is 3. The molecule has 4 heteroatoms. The lowest BCUT2D eigenvalue weighted by molar-refractivity contribution is -0.194. The fraction of sp³-hybridized carbons (Fsp3) is 0.857. The highest BCUT2D eigenvalue weighted by molar-refractivity contribution is 5.90. The molecule has 2 N–H and O–H groups in total. The van der Waals surface area contributed by atoms with E-state index in [2.05, 4.69) is 26.8 Å². The summed E-state index contributed by atoms with van der Waals surface area (Å²) in [5.74, 6) is 0.856. The van der Waals surface area contributed by atoms with Crippen molar-refractivity contribution in [2.75, 3.05) is 0 Å². The minimum absolute atomic E-state index is 0.000329. The predicted octanol–water partition coefficient (Wildman–Crippen LogP) is 5.63. The van der Waals surface area contributed by atoms with Crippen LogP contribution in [0.15, 0.2) is 11.6 Å². The average Bonchev–Trinajstić information content (AvgIpc) is 3.36. The Morgan fingerprint density at radius 2 is 1.88 bits per heavy atom. The first-order valence-corrected chi connectivity index (χ1v) is 13.4. The largest absolute Gasteiger partial charge is 0.481 e. The van der Waals surface area contributed by atoms with Crippen molar-refractivity contribution in [3.05, 3.63) is 11.6 Å². The molecule has 0 saturated heterocycles. The fourth-order valence-electron chi connectivity index (χ4n) is 10.0. The number of carbonyl (C=O) groups is 2. The van der Waals surface area contributed by atoms with Crippen LogP contribution in [0.5, 0.6) is 0 Å². The molecule has 0 aliphatic heterocycles. The lowest BCUT2D eigenvalue weighted by atomic mass is 9.41. The Kier molecular flexibility index (Phi) is 5.43. The monoisotopic (exact) mass is 442 g/mol. The van der Waals surface area contributed by atoms with Crippen LogP contribution < -0.4 is 0 Å². The van der Waals surface area contributed by atoms with Crippen LogP contribution in [0.2, 0.25) is 0 Å². The first-order valence-electron chi connectivity index (χ1n) is 13.4. The molecule has 0 radical (unpaired) electrons. The molecule has 32 heavy (non-hydrogen) atoms. The van der Waals surface area contributed by atoms with Crippen LogP contribution >= 0.6 is 0 Å². The Hall–Kier alpha value is -1.16. The van der Waals surface area contributed by atoms with Gasteiger partial charge in [0.25, 0.3) is 0 Å². The number of rotatable bonds is 7. The van der Waals surface area contributed by atoms with E-state index >= 15 is 0 Å². The summed E-state index contributed by atoms with van der Waals surface area (Å²) < 4.78 is 0. The van der Waals surface area contributed by atoms with Crippen LogP contribution in [-0.2, 0) is 9.59 Å². The van der Waals surface area contributed by atoms with Crippen LogP contribution in [0.25, 0.3) is 0 Å². The first-order chi connectivity index (χ1) is 15.3. The van der Waals surface area contributed by atoms with Crippen molar-refractivity contribution in [3.63, 3.8) is 0 Å². The second-order valence-corrected chi connectivity index (χ2v) is 12.5. The molecule has 5 aliphatic rings. The van der Waals surface area contributed by atoms with E-state index in [0.717, 1.165) is 37.5 Å². The molecule has 0 spiro atoms. The van der Waals surface area contributed by atoms with Gasteiger partial charge in [-0.3, -0.25) is 4.79 Å². The van der Waals surface area contributed by atoms with Gasteiger partial charge in [0.15, 0.2) is 0 Å². The van der Waals surface area contributed by atoms with Crippen molar-refractivity contribution in [1.82, 2.24) is 0 Å². The molecule has 4 fully saturated rings. The normalized spacial score (nSPS) is 46.2. The maximum absolute atomic E-state index is 13.4. The zero-order valence-corrected chi connectivity index (χ0v) is 20.2. The van der Waals surface area contributed by atoms with Gasteiger partial charge in [-0.25, -0.2) is 0 Å². The van der Waals surface area contributed by atoms with Gasteiger partial charge in [-0.05, 0) is 67.6 Å². The van der Waals surface area contributed by atoms with Gasteiger partial charge in [0.05, 0.1) is 11.5 Å². The zero-order valence-electron chi connectivity index (χ0n) is 20.2. The first kappa shape index (κ1) is 22.6. The van der Waals surface area contributed by atoms with Gasteiger partial charge in [0, 0.05) is 5.41 Å². The number of aliphatic hydroxyl groups excluding tert-OH is 1. The van der Waals surface area contributed by atoms with Gasteiger partial charge in [-0.15, -0.1) is 0 Å². The number of aldehydes is 1. The Balaban J connectivity index is 1.61. The highest BCUT2D eigenvalue weighted by atomic mass is 16.4. The van der Waals surface area contributed by atoms with Crippen LogP contribution in [0, 0.1) is 51.8 Å². The van der Waals surface area contributed by atoms with E-state index in [1.54, 1.807) is 0 Å². The van der Waals surface area contributed by atoms with Crippen molar-refractivity contribution in [2.45, 2.75) is 97.5 Å². The number of fused-ring (bicyclic) bond motifs is 2. The summed E-state index contributed by atoms with van der Waals surface area (Å²) in [5.41, 5.74) is -1.90. The summed E-state index contributed by atoms with van der Waals surface area (Å²) in [6.07, 6.45) is 14.0. The minimum Gasteiger partial charge on any atom is -0.481 e. The molecule has 5 aliphatic carbocycles. The van der Waals surface area contributed by atoms with Crippen LogP contribution in [-0.4, -0.2) is 28.6 Å². The van der Waals surface area contributed by atoms with E-state index < -0.39 is 28.3 Å². The van der Waals surface area contributed by atoms with Crippen molar-refractivity contribution in [3.8, 4) is 0 Å². The number of allylic oxidation sites excluding steroid dienone is 1. The second kappa shape index (κ2) is 7.68. The molecule has 0 aromatic rings. The molecular formula is C28H42O4. The predicted molar refractivity (Wildman–Crippen MR) is 124 cm³/mol. The molecule has 8 atom stereocenters. The molecule has 178 valence electrons. The number of aliphatic carboxylic acids is 1. The average molecular weight is 443 g/mol. The van der Waals surface area contributed by atoms with E-state index in [1.807, 2.05) is 0 Å². The van der Waals surface area contributed by atoms with Crippen LogP contribution in [0.4, 0.5) is 0 Å². The van der Waals surface area contributed by atoms with Gasteiger partial charge in [-0.1, -0.05) is 70.9 Å². The summed E-state index contributed by atoms with van der Waals surface area (Å²) in [5, 5.41) is 23.0. The molecule has 5 rings (SSSR count). The third-order valence-electron chi connectivity index (χ3n) is 11.2. The van der Waals surface area contributed by atoms with Crippen LogP contribution in [0.3, 0.4) is 0 Å². The van der Waals surface area contributed by atoms with Crippen molar-refractivity contribution in [1.29, 1.82) is 0 Å². The molecule has 1 unspecified atom stereocenters. The second-order valence-electron chi connectivity index (χ2n) is 12.5. The summed E-state index contributed by atoms with van der Waals surface area (Å²) in [6, 6.07) is 0. The van der Waals surface area contributed by atoms with Crippen molar-refractivity contribution in [2.24, 2.45) is 51.8 Å². The van der Waals surface area contributed by atoms with E-state index in [4.69, 9.17) is 0 Å². The molecule has 4 bridgehead atoms. The van der Waals surface area contributed by atoms with Gasteiger partial charge in [0.2, 0.25) is 0 Å². The molecule has 0 aromatic heterocycles. The van der Waals surface area contributed by atoms with E-state index in [1.165, 1.54) is 32.1 Å². The highest BCUT2D eigenvalue weighted by Crippen LogP contribution is 2.83. The van der Waals surface area contributed by atoms with E-state index in [9.17, 15) is 19.8 Å². The minimum atomic E-state index is -1.24. The molecule has 0 aromatic carbocycles. The topological polar surface area (TPSA) is 74.6 Å². The third kappa shape index (κ3) is 2.54. The lowest BCUT2D eigenvalue weighted by Crippen LogP contribution is -2.65. The summed E-state index contributed by atoms with van der Waals surface area (Å²) in [6.45, 7) is 6.42. The summed E-state index contributed by atoms with van der Waals surface area (Å²) in [4.78, 5) is 26.5. The third-order valence-corrected chi connectivity index (χ3v) is 11.2. The Labute approximate surface area is 193 Å². The fourth-order valence-corrected chi connectivity index (χ4v) is 10.0. The quantitative estimate of drug-likeness (QED) is 0.396. The number of hydrogen-bond donors (Lipinski definition) is 2. The van der Waals surface area contributed by atoms with Crippen LogP contribution in [0.1, 0.15) is 91.4 Å². The summed E-state index contributed by atoms with van der Waals surface area (Å²) in [7, 11) is 0. The molecular weight excluding hydrogens is 400 g/mol. The van der Waals surface area contributed by atoms with Gasteiger partial charge in [0.1, 0.15) is 11.7 Å². The maximum Gasteiger partial charge on any atom is 0.315 e. The number of aliphatic hydroxyl groups is 1. The van der Waals surface area contributed by atoms with Gasteiger partial charge >= 0.3 is 5.97 Å². The highest BCUT2D eigenvalue weighted by Gasteiger charge is 2.85.